The minimum atomic E-state index is -0.554. The van der Waals surface area contributed by atoms with Gasteiger partial charge in [-0.1, -0.05) is 12.1 Å². The largest absolute Gasteiger partial charge is 0.464 e. The molecule has 2 N–H and O–H groups in total. The number of hydrogen-bond donors (Lipinski definition) is 2. The highest BCUT2D eigenvalue weighted by molar-refractivity contribution is 7.16. The molecule has 144 valence electrons. The van der Waals surface area contributed by atoms with Crippen LogP contribution in [0.15, 0.2) is 24.3 Å². The molecule has 2 amide bonds. The van der Waals surface area contributed by atoms with Crippen molar-refractivity contribution in [3.63, 3.8) is 0 Å². The Hall–Kier alpha value is -3.27. The molecule has 1 atom stereocenters. The molecule has 0 spiro atoms. The Morgan fingerprint density at radius 1 is 1.36 bits per heavy atom. The molecule has 0 bridgehead atoms. The number of aromatic amines is 1. The molecule has 1 aromatic carbocycles. The zero-order valence-electron chi connectivity index (χ0n) is 15.2. The molecule has 3 heterocycles. The minimum Gasteiger partial charge on any atom is -0.464 e. The Bertz CT molecular complexity index is 1090. The molecule has 0 saturated carbocycles. The lowest BCUT2D eigenvalue weighted by Gasteiger charge is -2.13. The molecular weight excluding hydrogens is 382 g/mol. The molecule has 3 aromatic rings. The van der Waals surface area contributed by atoms with Crippen LogP contribution >= 0.6 is 11.3 Å². The first kappa shape index (κ1) is 18.1. The molecular formula is C18H17N5O4S. The van der Waals surface area contributed by atoms with Gasteiger partial charge in [-0.25, -0.2) is 9.78 Å². The van der Waals surface area contributed by atoms with Crippen molar-refractivity contribution in [1.82, 2.24) is 15.2 Å². The molecule has 1 aliphatic heterocycles. The van der Waals surface area contributed by atoms with E-state index >= 15 is 0 Å². The van der Waals surface area contributed by atoms with Crippen molar-refractivity contribution in [3.8, 4) is 0 Å². The molecule has 1 fully saturated rings. The number of para-hydroxylation sites is 1. The smallest absolute Gasteiger partial charge is 0.357 e. The number of rotatable bonds is 4. The predicted molar refractivity (Wildman–Crippen MR) is 103 cm³/mol. The number of carbonyl (C=O) groups is 3. The first-order chi connectivity index (χ1) is 13.5. The molecule has 2 aromatic heterocycles. The van der Waals surface area contributed by atoms with Gasteiger partial charge in [-0.3, -0.25) is 19.6 Å². The standard InChI is InChI=1S/C18H17N5O4S/c1-9-14(17(26)27-2)19-18(28-9)20-16(25)10-7-13(24)23(8-10)15-11-5-3-4-6-12(11)21-22-15/h3-6,10H,7-8H2,1-2H3,(H,21,22)(H,19,20,25)/t10-/m1/s1. The number of aromatic nitrogens is 3. The van der Waals surface area contributed by atoms with Crippen LogP contribution in [-0.2, 0) is 14.3 Å². The van der Waals surface area contributed by atoms with Crippen molar-refractivity contribution >= 4 is 51.0 Å². The highest BCUT2D eigenvalue weighted by Crippen LogP contribution is 2.30. The Morgan fingerprint density at radius 2 is 2.14 bits per heavy atom. The summed E-state index contributed by atoms with van der Waals surface area (Å²) in [5, 5.41) is 11.0. The number of methoxy groups -OCH3 is 1. The third kappa shape index (κ3) is 3.11. The fraction of sp³-hybridized carbons (Fsp3) is 0.278. The average molecular weight is 399 g/mol. The summed E-state index contributed by atoms with van der Waals surface area (Å²) in [4.78, 5) is 43.1. The van der Waals surface area contributed by atoms with Gasteiger partial charge in [0.1, 0.15) is 0 Å². The highest BCUT2D eigenvalue weighted by Gasteiger charge is 2.37. The Morgan fingerprint density at radius 3 is 2.93 bits per heavy atom. The van der Waals surface area contributed by atoms with Crippen LogP contribution in [-0.4, -0.2) is 46.6 Å². The number of hydrogen-bond acceptors (Lipinski definition) is 7. The second-order valence-electron chi connectivity index (χ2n) is 6.40. The van der Waals surface area contributed by atoms with Crippen LogP contribution in [0.3, 0.4) is 0 Å². The number of esters is 1. The summed E-state index contributed by atoms with van der Waals surface area (Å²) >= 11 is 1.19. The van der Waals surface area contributed by atoms with Crippen LogP contribution in [0.1, 0.15) is 21.8 Å². The van der Waals surface area contributed by atoms with Crippen molar-refractivity contribution < 1.29 is 19.1 Å². The summed E-state index contributed by atoms with van der Waals surface area (Å²) in [7, 11) is 1.27. The van der Waals surface area contributed by atoms with Crippen LogP contribution in [0.25, 0.3) is 10.9 Å². The van der Waals surface area contributed by atoms with E-state index < -0.39 is 11.9 Å². The van der Waals surface area contributed by atoms with Gasteiger partial charge in [-0.15, -0.1) is 11.3 Å². The van der Waals surface area contributed by atoms with Gasteiger partial charge in [0.05, 0.1) is 18.5 Å². The van der Waals surface area contributed by atoms with Gasteiger partial charge in [-0.2, -0.15) is 5.10 Å². The number of ether oxygens (including phenoxy) is 1. The molecule has 0 radical (unpaired) electrons. The van der Waals surface area contributed by atoms with E-state index in [9.17, 15) is 14.4 Å². The van der Waals surface area contributed by atoms with Gasteiger partial charge in [0, 0.05) is 23.2 Å². The quantitative estimate of drug-likeness (QED) is 0.649. The Kier molecular flexibility index (Phi) is 4.55. The SMILES string of the molecule is COC(=O)c1nc(NC(=O)[C@@H]2CC(=O)N(c3n[nH]c4ccccc34)C2)sc1C. The third-order valence-electron chi connectivity index (χ3n) is 4.61. The maximum absolute atomic E-state index is 12.6. The van der Waals surface area contributed by atoms with E-state index in [1.54, 1.807) is 6.92 Å². The van der Waals surface area contributed by atoms with Gasteiger partial charge in [0.2, 0.25) is 11.8 Å². The van der Waals surface area contributed by atoms with Crippen LogP contribution in [0.2, 0.25) is 0 Å². The van der Waals surface area contributed by atoms with Gasteiger partial charge in [0.15, 0.2) is 16.6 Å². The number of nitrogens with one attached hydrogen (secondary N) is 2. The molecule has 1 aliphatic rings. The molecule has 9 nitrogen and oxygen atoms in total. The van der Waals surface area contributed by atoms with Gasteiger partial charge in [-0.05, 0) is 19.1 Å². The molecule has 0 aliphatic carbocycles. The lowest BCUT2D eigenvalue weighted by molar-refractivity contribution is -0.122. The van der Waals surface area contributed by atoms with Crippen LogP contribution in [0.4, 0.5) is 10.9 Å². The van der Waals surface area contributed by atoms with E-state index in [4.69, 9.17) is 0 Å². The van der Waals surface area contributed by atoms with Crippen molar-refractivity contribution in [3.05, 3.63) is 34.8 Å². The zero-order chi connectivity index (χ0) is 19.8. The van der Waals surface area contributed by atoms with Crippen molar-refractivity contribution in [2.75, 3.05) is 23.9 Å². The van der Waals surface area contributed by atoms with E-state index in [1.807, 2.05) is 24.3 Å². The summed E-state index contributed by atoms with van der Waals surface area (Å²) in [5.74, 6) is -1.05. The molecule has 4 rings (SSSR count). The number of carbonyl (C=O) groups excluding carboxylic acids is 3. The van der Waals surface area contributed by atoms with E-state index in [1.165, 1.54) is 23.3 Å². The third-order valence-corrected chi connectivity index (χ3v) is 5.49. The summed E-state index contributed by atoms with van der Waals surface area (Å²) in [6, 6.07) is 7.50. The highest BCUT2D eigenvalue weighted by atomic mass is 32.1. The van der Waals surface area contributed by atoms with E-state index in [-0.39, 0.29) is 30.5 Å². The van der Waals surface area contributed by atoms with Crippen molar-refractivity contribution in [1.29, 1.82) is 0 Å². The molecule has 10 heteroatoms. The lowest BCUT2D eigenvalue weighted by Crippen LogP contribution is -2.28. The normalized spacial score (nSPS) is 16.6. The number of anilines is 2. The van der Waals surface area contributed by atoms with Crippen molar-refractivity contribution in [2.45, 2.75) is 13.3 Å². The average Bonchev–Trinajstić information content (AvgIpc) is 3.37. The fourth-order valence-corrected chi connectivity index (χ4v) is 3.99. The molecule has 1 saturated heterocycles. The van der Waals surface area contributed by atoms with Gasteiger partial charge >= 0.3 is 5.97 Å². The number of nitrogens with zero attached hydrogens (tertiary/aromatic N) is 3. The van der Waals surface area contributed by atoms with Gasteiger partial charge < -0.3 is 10.1 Å². The van der Waals surface area contributed by atoms with E-state index in [0.717, 1.165) is 10.9 Å². The number of benzene rings is 1. The molecule has 28 heavy (non-hydrogen) atoms. The van der Waals surface area contributed by atoms with Crippen LogP contribution in [0, 0.1) is 12.8 Å². The van der Waals surface area contributed by atoms with Crippen LogP contribution in [0.5, 0.6) is 0 Å². The van der Waals surface area contributed by atoms with Crippen LogP contribution < -0.4 is 10.2 Å². The summed E-state index contributed by atoms with van der Waals surface area (Å²) in [6.45, 7) is 1.96. The van der Waals surface area contributed by atoms with Crippen molar-refractivity contribution in [2.24, 2.45) is 5.92 Å². The zero-order valence-corrected chi connectivity index (χ0v) is 16.0. The number of amides is 2. The topological polar surface area (TPSA) is 117 Å². The minimum absolute atomic E-state index is 0.0846. The number of aryl methyl sites for hydroxylation is 1. The lowest BCUT2D eigenvalue weighted by atomic mass is 10.1. The second-order valence-corrected chi connectivity index (χ2v) is 7.61. The number of H-pyrrole nitrogens is 1. The summed E-state index contributed by atoms with van der Waals surface area (Å²) in [6.07, 6.45) is 0.0846. The number of fused-ring (bicyclic) bond motifs is 1. The Labute approximate surface area is 163 Å². The van der Waals surface area contributed by atoms with Gasteiger partial charge in [0.25, 0.3) is 0 Å². The summed E-state index contributed by atoms with van der Waals surface area (Å²) in [5.41, 5.74) is 1.00. The first-order valence-corrected chi connectivity index (χ1v) is 9.39. The first-order valence-electron chi connectivity index (χ1n) is 8.58. The van der Waals surface area contributed by atoms with E-state index in [2.05, 4.69) is 25.2 Å². The number of thiazole rings is 1. The van der Waals surface area contributed by atoms with E-state index in [0.29, 0.717) is 15.8 Å². The monoisotopic (exact) mass is 399 g/mol. The predicted octanol–water partition coefficient (Wildman–Crippen LogP) is 2.11. The molecule has 0 unspecified atom stereocenters. The summed E-state index contributed by atoms with van der Waals surface area (Å²) < 4.78 is 4.67. The Balaban J connectivity index is 1.49. The fourth-order valence-electron chi connectivity index (χ4n) is 3.19. The maximum atomic E-state index is 12.6. The maximum Gasteiger partial charge on any atom is 0.357 e. The second kappa shape index (κ2) is 7.04.